The minimum absolute atomic E-state index is 0.00867. The van der Waals surface area contributed by atoms with Crippen LogP contribution >= 0.6 is 0 Å². The molecule has 41 heavy (non-hydrogen) atoms. The molecule has 1 saturated carbocycles. The molecule has 1 aliphatic carbocycles. The highest BCUT2D eigenvalue weighted by Crippen LogP contribution is 2.27. The van der Waals surface area contributed by atoms with Gasteiger partial charge in [0.1, 0.15) is 24.2 Å². The van der Waals surface area contributed by atoms with E-state index in [9.17, 15) is 22.4 Å². The number of nitrogens with one attached hydrogen (secondary N) is 1. The Morgan fingerprint density at radius 2 is 1.61 bits per heavy atom. The van der Waals surface area contributed by atoms with E-state index in [1.165, 1.54) is 23.1 Å². The zero-order chi connectivity index (χ0) is 29.4. The Bertz CT molecular complexity index is 1430. The second kappa shape index (κ2) is 13.6. The molecule has 8 nitrogen and oxygen atoms in total. The van der Waals surface area contributed by atoms with Crippen LogP contribution in [0.1, 0.15) is 45.1 Å². The number of benzene rings is 3. The molecule has 0 spiro atoms. The summed E-state index contributed by atoms with van der Waals surface area (Å²) in [5, 5.41) is 3.00. The molecule has 1 fully saturated rings. The molecule has 3 aromatic carbocycles. The van der Waals surface area contributed by atoms with Crippen LogP contribution in [0.15, 0.2) is 83.8 Å². The summed E-state index contributed by atoms with van der Waals surface area (Å²) in [7, 11) is -4.18. The number of amides is 2. The highest BCUT2D eigenvalue weighted by Gasteiger charge is 2.33. The summed E-state index contributed by atoms with van der Waals surface area (Å²) in [5.41, 5.74) is 0.472. The van der Waals surface area contributed by atoms with Gasteiger partial charge < -0.3 is 15.0 Å². The molecular formula is C31H36FN3O5S. The van der Waals surface area contributed by atoms with Crippen LogP contribution in [0.2, 0.25) is 0 Å². The van der Waals surface area contributed by atoms with Gasteiger partial charge in [0.2, 0.25) is 11.8 Å². The largest absolute Gasteiger partial charge is 0.494 e. The highest BCUT2D eigenvalue weighted by molar-refractivity contribution is 7.92. The maximum absolute atomic E-state index is 14.7. The number of nitrogens with zero attached hydrogens (tertiary/aromatic N) is 2. The van der Waals surface area contributed by atoms with Crippen molar-refractivity contribution in [1.82, 2.24) is 10.2 Å². The van der Waals surface area contributed by atoms with Gasteiger partial charge in [0.25, 0.3) is 10.0 Å². The van der Waals surface area contributed by atoms with Crippen LogP contribution in [0.5, 0.6) is 5.75 Å². The molecule has 4 rings (SSSR count). The monoisotopic (exact) mass is 581 g/mol. The molecule has 218 valence electrons. The van der Waals surface area contributed by atoms with Gasteiger partial charge in [-0.1, -0.05) is 49.2 Å². The van der Waals surface area contributed by atoms with Crippen molar-refractivity contribution in [2.45, 2.75) is 63.1 Å². The minimum Gasteiger partial charge on any atom is -0.494 e. The number of sulfonamides is 1. The Morgan fingerprint density at radius 1 is 0.976 bits per heavy atom. The standard InChI is InChI=1S/C31H36FN3O5S/c1-3-40-27-19-17-26(18-20-27)35(41(38,39)28-14-5-4-6-15-28)22-30(36)34(21-24-11-7-10-16-29(24)32)23(2)31(37)33-25-12-8-9-13-25/h4-7,10-11,14-20,23,25H,3,8-9,12-13,21-22H2,1-2H3,(H,33,37). The second-order valence-corrected chi connectivity index (χ2v) is 11.9. The molecule has 0 heterocycles. The molecule has 1 atom stereocenters. The fraction of sp³-hybridized carbons (Fsp3) is 0.355. The fourth-order valence-corrected chi connectivity index (χ4v) is 6.34. The Morgan fingerprint density at radius 3 is 2.24 bits per heavy atom. The van der Waals surface area contributed by atoms with E-state index in [-0.39, 0.29) is 34.6 Å². The third-order valence-corrected chi connectivity index (χ3v) is 9.00. The van der Waals surface area contributed by atoms with Crippen LogP contribution < -0.4 is 14.4 Å². The minimum atomic E-state index is -4.18. The predicted molar refractivity (Wildman–Crippen MR) is 155 cm³/mol. The lowest BCUT2D eigenvalue weighted by atomic mass is 10.1. The summed E-state index contributed by atoms with van der Waals surface area (Å²) in [6, 6.07) is 19.3. The Hall–Kier alpha value is -3.92. The summed E-state index contributed by atoms with van der Waals surface area (Å²) in [6.45, 7) is 3.06. The Labute approximate surface area is 241 Å². The van der Waals surface area contributed by atoms with Gasteiger partial charge in [-0.25, -0.2) is 12.8 Å². The number of carbonyl (C=O) groups is 2. The van der Waals surface area contributed by atoms with Gasteiger partial charge >= 0.3 is 0 Å². The first-order valence-corrected chi connectivity index (χ1v) is 15.3. The lowest BCUT2D eigenvalue weighted by Gasteiger charge is -2.32. The van der Waals surface area contributed by atoms with Crippen LogP contribution in [-0.2, 0) is 26.2 Å². The van der Waals surface area contributed by atoms with Gasteiger partial charge in [0, 0.05) is 18.2 Å². The molecule has 0 radical (unpaired) electrons. The van der Waals surface area contributed by atoms with E-state index >= 15 is 0 Å². The zero-order valence-electron chi connectivity index (χ0n) is 23.3. The van der Waals surface area contributed by atoms with Crippen LogP contribution in [0.4, 0.5) is 10.1 Å². The molecular weight excluding hydrogens is 545 g/mol. The lowest BCUT2D eigenvalue weighted by Crippen LogP contribution is -2.52. The Balaban J connectivity index is 1.68. The van der Waals surface area contributed by atoms with E-state index in [2.05, 4.69) is 5.32 Å². The first-order valence-electron chi connectivity index (χ1n) is 13.8. The molecule has 3 aromatic rings. The number of halogens is 1. The second-order valence-electron chi connectivity index (χ2n) is 10.0. The highest BCUT2D eigenvalue weighted by atomic mass is 32.2. The average Bonchev–Trinajstić information content (AvgIpc) is 3.49. The number of anilines is 1. The van der Waals surface area contributed by atoms with Gasteiger partial charge in [-0.05, 0) is 69.2 Å². The van der Waals surface area contributed by atoms with Gasteiger partial charge in [0.15, 0.2) is 0 Å². The molecule has 0 saturated heterocycles. The van der Waals surface area contributed by atoms with Crippen molar-refractivity contribution in [1.29, 1.82) is 0 Å². The maximum Gasteiger partial charge on any atom is 0.264 e. The first kappa shape index (κ1) is 30.0. The number of hydrogen-bond acceptors (Lipinski definition) is 5. The smallest absolute Gasteiger partial charge is 0.264 e. The van der Waals surface area contributed by atoms with Crippen molar-refractivity contribution in [2.75, 3.05) is 17.5 Å². The molecule has 1 N–H and O–H groups in total. The van der Waals surface area contributed by atoms with Gasteiger partial charge in [-0.3, -0.25) is 13.9 Å². The number of carbonyl (C=O) groups excluding carboxylic acids is 2. The van der Waals surface area contributed by atoms with Crippen LogP contribution in [0.25, 0.3) is 0 Å². The molecule has 1 unspecified atom stereocenters. The summed E-state index contributed by atoms with van der Waals surface area (Å²) >= 11 is 0. The van der Waals surface area contributed by atoms with E-state index in [1.807, 2.05) is 6.92 Å². The van der Waals surface area contributed by atoms with Crippen molar-refractivity contribution in [3.05, 3.63) is 90.2 Å². The average molecular weight is 582 g/mol. The van der Waals surface area contributed by atoms with E-state index in [0.29, 0.717) is 12.4 Å². The molecule has 10 heteroatoms. The number of ether oxygens (including phenoxy) is 1. The molecule has 2 amide bonds. The van der Waals surface area contributed by atoms with Crippen molar-refractivity contribution in [3.63, 3.8) is 0 Å². The molecule has 1 aliphatic rings. The summed E-state index contributed by atoms with van der Waals surface area (Å²) < 4.78 is 48.9. The van der Waals surface area contributed by atoms with Gasteiger partial charge in [-0.15, -0.1) is 0 Å². The van der Waals surface area contributed by atoms with E-state index in [4.69, 9.17) is 4.74 Å². The summed E-state index contributed by atoms with van der Waals surface area (Å²) in [6.07, 6.45) is 3.76. The molecule has 0 bridgehead atoms. The van der Waals surface area contributed by atoms with E-state index < -0.39 is 34.3 Å². The van der Waals surface area contributed by atoms with Gasteiger partial charge in [-0.2, -0.15) is 0 Å². The maximum atomic E-state index is 14.7. The quantitative estimate of drug-likeness (QED) is 0.329. The zero-order valence-corrected chi connectivity index (χ0v) is 24.1. The summed E-state index contributed by atoms with van der Waals surface area (Å²) in [5.74, 6) is -0.970. The van der Waals surface area contributed by atoms with E-state index in [1.54, 1.807) is 67.6 Å². The van der Waals surface area contributed by atoms with E-state index in [0.717, 1.165) is 30.0 Å². The number of hydrogen-bond donors (Lipinski definition) is 1. The van der Waals surface area contributed by atoms with Crippen molar-refractivity contribution in [3.8, 4) is 5.75 Å². The van der Waals surface area contributed by atoms with Crippen molar-refractivity contribution in [2.24, 2.45) is 0 Å². The molecule has 0 aromatic heterocycles. The van der Waals surface area contributed by atoms with Gasteiger partial charge in [0.05, 0.1) is 17.2 Å². The Kier molecular flexibility index (Phi) is 9.99. The van der Waals surface area contributed by atoms with Crippen molar-refractivity contribution < 1.29 is 27.1 Å². The topological polar surface area (TPSA) is 96.0 Å². The first-order chi connectivity index (χ1) is 19.7. The van der Waals surface area contributed by atoms with Crippen LogP contribution in [-0.4, -0.2) is 50.4 Å². The fourth-order valence-electron chi connectivity index (χ4n) is 4.91. The predicted octanol–water partition coefficient (Wildman–Crippen LogP) is 4.90. The third-order valence-electron chi connectivity index (χ3n) is 7.21. The lowest BCUT2D eigenvalue weighted by molar-refractivity contribution is -0.139. The molecule has 0 aliphatic heterocycles. The summed E-state index contributed by atoms with van der Waals surface area (Å²) in [4.78, 5) is 28.5. The number of rotatable bonds is 12. The third kappa shape index (κ3) is 7.43. The van der Waals surface area contributed by atoms with Crippen molar-refractivity contribution >= 4 is 27.5 Å². The SMILES string of the molecule is CCOc1ccc(N(CC(=O)N(Cc2ccccc2F)C(C)C(=O)NC2CCCC2)S(=O)(=O)c2ccccc2)cc1. The normalized spacial score (nSPS) is 14.3. The van der Waals surface area contributed by atoms with Crippen LogP contribution in [0.3, 0.4) is 0 Å². The van der Waals surface area contributed by atoms with Crippen LogP contribution in [0, 0.1) is 5.82 Å².